The van der Waals surface area contributed by atoms with E-state index in [0.29, 0.717) is 0 Å². The van der Waals surface area contributed by atoms with Crippen LogP contribution in [0.5, 0.6) is 0 Å². The molecule has 38 heavy (non-hydrogen) atoms. The van der Waals surface area contributed by atoms with E-state index in [1.807, 2.05) is 97.1 Å². The van der Waals surface area contributed by atoms with Gasteiger partial charge in [-0.2, -0.15) is 0 Å². The van der Waals surface area contributed by atoms with E-state index >= 15 is 0 Å². The highest BCUT2D eigenvalue weighted by Crippen LogP contribution is 2.24. The van der Waals surface area contributed by atoms with E-state index in [0.717, 1.165) is 55.7 Å². The Morgan fingerprint density at radius 2 is 0.553 bits per heavy atom. The number of hydrogen-bond acceptors (Lipinski definition) is 0. The monoisotopic (exact) mass is 476 g/mol. The first-order chi connectivity index (χ1) is 18.6. The third-order valence-corrected chi connectivity index (χ3v) is 5.80. The molecule has 0 spiro atoms. The molecule has 0 unspecified atom stereocenters. The molecule has 4 aromatic rings. The Labute approximate surface area is 224 Å². The van der Waals surface area contributed by atoms with Crippen molar-refractivity contribution in [1.29, 1.82) is 0 Å². The van der Waals surface area contributed by atoms with Crippen LogP contribution in [-0.4, -0.2) is 0 Å². The average molecular weight is 477 g/mol. The van der Waals surface area contributed by atoms with Crippen LogP contribution in [0.15, 0.2) is 120 Å². The van der Waals surface area contributed by atoms with Gasteiger partial charge in [-0.25, -0.2) is 0 Å². The van der Waals surface area contributed by atoms with Crippen molar-refractivity contribution in [2.75, 3.05) is 0 Å². The summed E-state index contributed by atoms with van der Waals surface area (Å²) in [6.45, 7) is 0. The van der Waals surface area contributed by atoms with Gasteiger partial charge in [0.05, 0.1) is 0 Å². The predicted molar refractivity (Wildman–Crippen MR) is 157 cm³/mol. The summed E-state index contributed by atoms with van der Waals surface area (Å²) in [5.41, 5.74) is 21.2. The maximum Gasteiger partial charge on any atom is 0.0400 e. The number of benzene rings is 4. The average Bonchev–Trinajstić information content (AvgIpc) is 2.99. The zero-order valence-electron chi connectivity index (χ0n) is 20.5. The molecule has 0 saturated heterocycles. The summed E-state index contributed by atoms with van der Waals surface area (Å²) in [7, 11) is 0. The van der Waals surface area contributed by atoms with Crippen molar-refractivity contribution in [1.82, 2.24) is 0 Å². The maximum atomic E-state index is 5.53. The van der Waals surface area contributed by atoms with E-state index in [2.05, 4.69) is 46.6 Å². The van der Waals surface area contributed by atoms with Crippen molar-refractivity contribution in [3.8, 4) is 49.4 Å². The maximum absolute atomic E-state index is 5.53. The van der Waals surface area contributed by atoms with Crippen LogP contribution in [-0.2, 0) is 0 Å². The molecule has 0 N–H and O–H groups in total. The summed E-state index contributed by atoms with van der Waals surface area (Å²) in [4.78, 5) is 0. The van der Waals surface area contributed by atoms with Crippen LogP contribution < -0.4 is 0 Å². The predicted octanol–water partition coefficient (Wildman–Crippen LogP) is 7.24. The highest BCUT2D eigenvalue weighted by molar-refractivity contribution is 5.81. The minimum Gasteiger partial charge on any atom is -0.115 e. The molecule has 4 rings (SSSR count). The molecule has 0 atom stereocenters. The third-order valence-electron chi connectivity index (χ3n) is 5.80. The lowest BCUT2D eigenvalue weighted by atomic mass is 9.97. The van der Waals surface area contributed by atoms with Crippen molar-refractivity contribution in [3.05, 3.63) is 164 Å². The second-order valence-electron chi connectivity index (χ2n) is 8.14. The Morgan fingerprint density at radius 1 is 0.342 bits per heavy atom. The zero-order chi connectivity index (χ0) is 26.7. The molecule has 0 nitrogen and oxygen atoms in total. The standard InChI is InChI=1S/C38H20/c1-5-29-13-21-33(22-14-29)37(34-23-15-30(6-2)16-24-34)11-9-10-12-38(35-25-17-31(7-3)18-26-35)36-27-19-32(8-4)20-28-36/h1-4,13-28H. The largest absolute Gasteiger partial charge is 0.115 e. The van der Waals surface area contributed by atoms with Gasteiger partial charge in [0.15, 0.2) is 0 Å². The molecular formula is C38H20. The van der Waals surface area contributed by atoms with Gasteiger partial charge in [0.1, 0.15) is 0 Å². The number of terminal acetylenes is 4. The molecule has 0 aliphatic rings. The van der Waals surface area contributed by atoms with Crippen LogP contribution in [0.4, 0.5) is 0 Å². The first-order valence-corrected chi connectivity index (χ1v) is 11.7. The fraction of sp³-hybridized carbons (Fsp3) is 0. The Bertz CT molecular complexity index is 1560. The van der Waals surface area contributed by atoms with Gasteiger partial charge in [-0.3, -0.25) is 0 Å². The van der Waals surface area contributed by atoms with Gasteiger partial charge in [0, 0.05) is 33.4 Å². The lowest BCUT2D eigenvalue weighted by Gasteiger charge is -2.06. The van der Waals surface area contributed by atoms with Crippen LogP contribution in [0.2, 0.25) is 0 Å². The summed E-state index contributed by atoms with van der Waals surface area (Å²) in [5.74, 6) is 10.6. The van der Waals surface area contributed by atoms with Crippen molar-refractivity contribution >= 4 is 11.1 Å². The summed E-state index contributed by atoms with van der Waals surface area (Å²) >= 11 is 0. The first-order valence-electron chi connectivity index (χ1n) is 11.7. The van der Waals surface area contributed by atoms with Crippen LogP contribution in [0, 0.1) is 49.4 Å². The second-order valence-corrected chi connectivity index (χ2v) is 8.14. The molecule has 0 aromatic heterocycles. The third kappa shape index (κ3) is 5.96. The van der Waals surface area contributed by atoms with Gasteiger partial charge in [-0.1, -0.05) is 83.7 Å². The molecular weight excluding hydrogens is 456 g/mol. The zero-order valence-corrected chi connectivity index (χ0v) is 20.5. The van der Waals surface area contributed by atoms with E-state index in [1.165, 1.54) is 0 Å². The fourth-order valence-electron chi connectivity index (χ4n) is 3.74. The van der Waals surface area contributed by atoms with Gasteiger partial charge >= 0.3 is 0 Å². The minimum atomic E-state index is 0.800. The summed E-state index contributed by atoms with van der Waals surface area (Å²) in [6.07, 6.45) is 22.1. The van der Waals surface area contributed by atoms with E-state index in [4.69, 9.17) is 25.7 Å². The molecule has 0 bridgehead atoms. The second kappa shape index (κ2) is 12.1. The molecule has 0 heteroatoms. The summed E-state index contributed by atoms with van der Waals surface area (Å²) in [6, 6.07) is 30.8. The molecule has 4 aromatic carbocycles. The molecule has 0 aliphatic carbocycles. The molecule has 0 fully saturated rings. The smallest absolute Gasteiger partial charge is 0.0400 e. The first kappa shape index (κ1) is 25.1. The lowest BCUT2D eigenvalue weighted by Crippen LogP contribution is -1.88. The number of hydrogen-bond donors (Lipinski definition) is 0. The van der Waals surface area contributed by atoms with Crippen molar-refractivity contribution in [2.24, 2.45) is 0 Å². The van der Waals surface area contributed by atoms with Gasteiger partial charge in [0.2, 0.25) is 0 Å². The molecule has 0 aliphatic heterocycles. The van der Waals surface area contributed by atoms with Crippen LogP contribution in [0.1, 0.15) is 44.5 Å². The van der Waals surface area contributed by atoms with Crippen LogP contribution >= 0.6 is 0 Å². The van der Waals surface area contributed by atoms with E-state index in [9.17, 15) is 0 Å². The van der Waals surface area contributed by atoms with Crippen molar-refractivity contribution in [3.63, 3.8) is 0 Å². The van der Waals surface area contributed by atoms with Gasteiger partial charge in [-0.05, 0) is 82.2 Å². The fourth-order valence-corrected chi connectivity index (χ4v) is 3.74. The highest BCUT2D eigenvalue weighted by atomic mass is 14.1. The van der Waals surface area contributed by atoms with E-state index in [-0.39, 0.29) is 0 Å². The SMILES string of the molecule is C#Cc1ccc(C(=C=C=C=C=C(c2ccc(C#C)cc2)c2ccc(C#C)cc2)c2ccc(C#C)cc2)cc1. The van der Waals surface area contributed by atoms with Crippen molar-refractivity contribution < 1.29 is 0 Å². The van der Waals surface area contributed by atoms with Crippen LogP contribution in [0.25, 0.3) is 11.1 Å². The molecule has 0 saturated carbocycles. The van der Waals surface area contributed by atoms with E-state index < -0.39 is 0 Å². The Balaban J connectivity index is 1.95. The molecule has 172 valence electrons. The van der Waals surface area contributed by atoms with Crippen LogP contribution in [0.3, 0.4) is 0 Å². The quantitative estimate of drug-likeness (QED) is 0.215. The lowest BCUT2D eigenvalue weighted by molar-refractivity contribution is 1.52. The number of rotatable bonds is 4. The molecule has 0 amide bonds. The highest BCUT2D eigenvalue weighted by Gasteiger charge is 2.06. The topological polar surface area (TPSA) is 0 Å². The molecule has 0 heterocycles. The van der Waals surface area contributed by atoms with Gasteiger partial charge < -0.3 is 0 Å². The van der Waals surface area contributed by atoms with Crippen molar-refractivity contribution in [2.45, 2.75) is 0 Å². The normalized spacial score (nSPS) is 9.05. The minimum absolute atomic E-state index is 0.800. The van der Waals surface area contributed by atoms with E-state index in [1.54, 1.807) is 0 Å². The Kier molecular flexibility index (Phi) is 7.98. The van der Waals surface area contributed by atoms with Gasteiger partial charge in [-0.15, -0.1) is 25.7 Å². The molecule has 0 radical (unpaired) electrons. The summed E-state index contributed by atoms with van der Waals surface area (Å²) < 4.78 is 0. The summed E-state index contributed by atoms with van der Waals surface area (Å²) in [5, 5.41) is 0. The van der Waals surface area contributed by atoms with Gasteiger partial charge in [0.25, 0.3) is 0 Å². The Morgan fingerprint density at radius 3 is 0.737 bits per heavy atom. The Hall–Kier alpha value is -6.02.